The Morgan fingerprint density at radius 1 is 1.03 bits per heavy atom. The summed E-state index contributed by atoms with van der Waals surface area (Å²) in [5.41, 5.74) is 4.21. The molecular weight excluding hydrogens is 478 g/mol. The molecule has 9 heteroatoms. The van der Waals surface area contributed by atoms with Gasteiger partial charge in [-0.3, -0.25) is 9.10 Å². The third-order valence-electron chi connectivity index (χ3n) is 5.03. The fraction of sp³-hybridized carbons (Fsp3) is 0.185. The number of para-hydroxylation sites is 1. The van der Waals surface area contributed by atoms with Crippen molar-refractivity contribution in [2.24, 2.45) is 5.10 Å². The maximum atomic E-state index is 13.4. The summed E-state index contributed by atoms with van der Waals surface area (Å²) in [6.07, 6.45) is 3.08. The molecular formula is C27H29N3O5S. The first-order valence-electron chi connectivity index (χ1n) is 11.3. The number of rotatable bonds is 12. The van der Waals surface area contributed by atoms with Crippen LogP contribution in [0, 0.1) is 6.92 Å². The van der Waals surface area contributed by atoms with Gasteiger partial charge in [0.25, 0.3) is 15.9 Å². The first kappa shape index (κ1) is 26.5. The topological polar surface area (TPSA) is 97.3 Å². The Labute approximate surface area is 211 Å². The lowest BCUT2D eigenvalue weighted by Crippen LogP contribution is -2.40. The highest BCUT2D eigenvalue weighted by molar-refractivity contribution is 7.92. The molecule has 0 radical (unpaired) electrons. The number of aryl methyl sites for hydroxylation is 1. The van der Waals surface area contributed by atoms with E-state index in [1.165, 1.54) is 18.3 Å². The van der Waals surface area contributed by atoms with Crippen molar-refractivity contribution in [1.29, 1.82) is 0 Å². The van der Waals surface area contributed by atoms with E-state index in [-0.39, 0.29) is 4.90 Å². The number of carbonyl (C=O) groups excluding carboxylic acids is 1. The van der Waals surface area contributed by atoms with Gasteiger partial charge >= 0.3 is 0 Å². The van der Waals surface area contributed by atoms with Crippen LogP contribution in [0.5, 0.6) is 11.5 Å². The summed E-state index contributed by atoms with van der Waals surface area (Å²) >= 11 is 0. The number of hydrazone groups is 1. The Hall–Kier alpha value is -4.11. The molecule has 0 spiro atoms. The Morgan fingerprint density at radius 2 is 1.75 bits per heavy atom. The highest BCUT2D eigenvalue weighted by Crippen LogP contribution is 2.28. The number of sulfonamides is 1. The van der Waals surface area contributed by atoms with E-state index in [9.17, 15) is 13.2 Å². The Morgan fingerprint density at radius 3 is 2.44 bits per heavy atom. The first-order valence-corrected chi connectivity index (χ1v) is 12.8. The van der Waals surface area contributed by atoms with Gasteiger partial charge in [-0.25, -0.2) is 13.8 Å². The number of hydrogen-bond acceptors (Lipinski definition) is 6. The molecule has 36 heavy (non-hydrogen) atoms. The number of nitrogens with zero attached hydrogens (tertiary/aromatic N) is 2. The lowest BCUT2D eigenvalue weighted by molar-refractivity contribution is -0.119. The second-order valence-corrected chi connectivity index (χ2v) is 9.51. The van der Waals surface area contributed by atoms with Crippen molar-refractivity contribution in [3.8, 4) is 11.5 Å². The molecule has 0 heterocycles. The maximum absolute atomic E-state index is 13.4. The van der Waals surface area contributed by atoms with Crippen LogP contribution in [-0.4, -0.2) is 40.3 Å². The average molecular weight is 508 g/mol. The van der Waals surface area contributed by atoms with Gasteiger partial charge in [-0.05, 0) is 61.4 Å². The van der Waals surface area contributed by atoms with Gasteiger partial charge in [-0.15, -0.1) is 0 Å². The summed E-state index contributed by atoms with van der Waals surface area (Å²) in [4.78, 5) is 12.9. The second-order valence-electron chi connectivity index (χ2n) is 7.64. The molecule has 1 N–H and O–H groups in total. The van der Waals surface area contributed by atoms with E-state index in [4.69, 9.17) is 9.47 Å². The van der Waals surface area contributed by atoms with Crippen molar-refractivity contribution >= 4 is 27.8 Å². The summed E-state index contributed by atoms with van der Waals surface area (Å²) in [7, 11) is -3.99. The van der Waals surface area contributed by atoms with Crippen molar-refractivity contribution in [2.45, 2.75) is 18.7 Å². The van der Waals surface area contributed by atoms with Gasteiger partial charge in [0.2, 0.25) is 0 Å². The minimum atomic E-state index is -3.99. The zero-order chi connectivity index (χ0) is 26.0. The Balaban J connectivity index is 1.78. The lowest BCUT2D eigenvalue weighted by atomic mass is 10.2. The average Bonchev–Trinajstić information content (AvgIpc) is 2.88. The summed E-state index contributed by atoms with van der Waals surface area (Å²) in [5.74, 6) is 0.511. The molecule has 0 aromatic heterocycles. The van der Waals surface area contributed by atoms with Gasteiger partial charge in [-0.2, -0.15) is 5.10 Å². The van der Waals surface area contributed by atoms with E-state index in [1.807, 2.05) is 6.92 Å². The highest BCUT2D eigenvalue weighted by Gasteiger charge is 2.28. The maximum Gasteiger partial charge on any atom is 0.264 e. The van der Waals surface area contributed by atoms with Crippen LogP contribution in [0.3, 0.4) is 0 Å². The number of ether oxygens (including phenoxy) is 2. The second kappa shape index (κ2) is 12.6. The highest BCUT2D eigenvalue weighted by atomic mass is 32.2. The van der Waals surface area contributed by atoms with Gasteiger partial charge in [0.1, 0.15) is 13.2 Å². The monoisotopic (exact) mass is 507 g/mol. The molecule has 0 unspecified atom stereocenters. The van der Waals surface area contributed by atoms with Crippen LogP contribution in [-0.2, 0) is 14.8 Å². The van der Waals surface area contributed by atoms with E-state index in [0.717, 1.165) is 9.87 Å². The largest absolute Gasteiger partial charge is 0.490 e. The first-order chi connectivity index (χ1) is 17.4. The SMILES string of the molecule is C=CCOc1ccc(/C=N\NC(=O)CN(c2ccccc2C)S(=O)(=O)c2ccccc2)cc1OCC. The van der Waals surface area contributed by atoms with Crippen molar-refractivity contribution in [3.63, 3.8) is 0 Å². The molecule has 8 nitrogen and oxygen atoms in total. The van der Waals surface area contributed by atoms with Crippen LogP contribution in [0.15, 0.2) is 95.4 Å². The third-order valence-corrected chi connectivity index (χ3v) is 6.80. The zero-order valence-electron chi connectivity index (χ0n) is 20.3. The van der Waals surface area contributed by atoms with Gasteiger partial charge in [0, 0.05) is 0 Å². The van der Waals surface area contributed by atoms with Crippen LogP contribution in [0.2, 0.25) is 0 Å². The predicted molar refractivity (Wildman–Crippen MR) is 141 cm³/mol. The summed E-state index contributed by atoms with van der Waals surface area (Å²) in [6, 6.07) is 20.2. The molecule has 3 rings (SSSR count). The Bertz CT molecular complexity index is 1320. The van der Waals surface area contributed by atoms with Crippen molar-refractivity contribution in [2.75, 3.05) is 24.1 Å². The van der Waals surface area contributed by atoms with Gasteiger partial charge < -0.3 is 9.47 Å². The molecule has 3 aromatic rings. The minimum absolute atomic E-state index is 0.0896. The molecule has 0 aliphatic heterocycles. The van der Waals surface area contributed by atoms with E-state index in [2.05, 4.69) is 17.1 Å². The van der Waals surface area contributed by atoms with Gasteiger partial charge in [0.05, 0.1) is 23.4 Å². The van der Waals surface area contributed by atoms with Gasteiger partial charge in [-0.1, -0.05) is 49.1 Å². The van der Waals surface area contributed by atoms with Crippen LogP contribution in [0.25, 0.3) is 0 Å². The molecule has 0 fully saturated rings. The summed E-state index contributed by atoms with van der Waals surface area (Å²) < 4.78 is 39.1. The number of carbonyl (C=O) groups is 1. The van der Waals surface area contributed by atoms with E-state index in [0.29, 0.717) is 36.0 Å². The zero-order valence-corrected chi connectivity index (χ0v) is 21.1. The minimum Gasteiger partial charge on any atom is -0.490 e. The fourth-order valence-electron chi connectivity index (χ4n) is 3.35. The molecule has 0 bridgehead atoms. The van der Waals surface area contributed by atoms with Crippen LogP contribution >= 0.6 is 0 Å². The molecule has 3 aromatic carbocycles. The Kier molecular flexibility index (Phi) is 9.24. The summed E-state index contributed by atoms with van der Waals surface area (Å²) in [5, 5.41) is 4.00. The normalized spacial score (nSPS) is 11.2. The van der Waals surface area contributed by atoms with Gasteiger partial charge in [0.15, 0.2) is 11.5 Å². The quantitative estimate of drug-likeness (QED) is 0.224. The van der Waals surface area contributed by atoms with Crippen LogP contribution in [0.4, 0.5) is 5.69 Å². The summed E-state index contributed by atoms with van der Waals surface area (Å²) in [6.45, 7) is 7.63. The van der Waals surface area contributed by atoms with E-state index >= 15 is 0 Å². The van der Waals surface area contributed by atoms with Crippen LogP contribution < -0.4 is 19.2 Å². The molecule has 0 saturated heterocycles. The molecule has 0 aliphatic rings. The lowest BCUT2D eigenvalue weighted by Gasteiger charge is -2.25. The van der Waals surface area contributed by atoms with Crippen LogP contribution in [0.1, 0.15) is 18.1 Å². The molecule has 0 saturated carbocycles. The van der Waals surface area contributed by atoms with E-state index < -0.39 is 22.5 Å². The van der Waals surface area contributed by atoms with E-state index in [1.54, 1.807) is 73.7 Å². The number of anilines is 1. The molecule has 188 valence electrons. The van der Waals surface area contributed by atoms with Crippen molar-refractivity contribution < 1.29 is 22.7 Å². The van der Waals surface area contributed by atoms with Crippen molar-refractivity contribution in [3.05, 3.63) is 96.6 Å². The molecule has 0 atom stereocenters. The molecule has 1 amide bonds. The number of amides is 1. The van der Waals surface area contributed by atoms with Crippen molar-refractivity contribution in [1.82, 2.24) is 5.43 Å². The smallest absolute Gasteiger partial charge is 0.264 e. The standard InChI is InChI=1S/C27H29N3O5S/c1-4-17-35-25-16-15-22(18-26(25)34-5-2)19-28-29-27(31)20-30(24-14-10-9-11-21(24)3)36(32,33)23-12-7-6-8-13-23/h4,6-16,18-19H,1,5,17,20H2,2-3H3,(H,29,31)/b28-19-. The number of nitrogens with one attached hydrogen (secondary N) is 1. The molecule has 0 aliphatic carbocycles. The third kappa shape index (κ3) is 6.73. The number of benzene rings is 3. The fourth-order valence-corrected chi connectivity index (χ4v) is 4.85. The number of hydrogen-bond donors (Lipinski definition) is 1. The predicted octanol–water partition coefficient (Wildman–Crippen LogP) is 4.30.